The molecule has 5 nitrogen and oxygen atoms in total. The van der Waals surface area contributed by atoms with Crippen molar-refractivity contribution in [1.29, 1.82) is 0 Å². The fourth-order valence-corrected chi connectivity index (χ4v) is 1.48. The van der Waals surface area contributed by atoms with Crippen LogP contribution in [0.2, 0.25) is 0 Å². The van der Waals surface area contributed by atoms with E-state index in [9.17, 15) is 9.59 Å². The number of carbonyl (C=O) groups excluding carboxylic acids is 2. The van der Waals surface area contributed by atoms with Crippen molar-refractivity contribution in [3.8, 4) is 0 Å². The monoisotopic (exact) mass is 200 g/mol. The minimum atomic E-state index is -1.02. The highest BCUT2D eigenvalue weighted by atomic mass is 16.6. The highest BCUT2D eigenvalue weighted by Gasteiger charge is 2.45. The Labute approximate surface area is 83.4 Å². The van der Waals surface area contributed by atoms with E-state index in [2.05, 4.69) is 5.32 Å². The number of amides is 2. The molecule has 1 rings (SSSR count). The number of likely N-dealkylation sites (N-methyl/N-ethyl adjacent to an activating group) is 1. The molecule has 0 radical (unpaired) electrons. The van der Waals surface area contributed by atoms with E-state index in [1.54, 1.807) is 6.92 Å². The van der Waals surface area contributed by atoms with Crippen LogP contribution in [0.3, 0.4) is 0 Å². The summed E-state index contributed by atoms with van der Waals surface area (Å²) in [7, 11) is 0. The topological polar surface area (TPSA) is 58.6 Å². The molecule has 1 saturated heterocycles. The van der Waals surface area contributed by atoms with Gasteiger partial charge in [-0.05, 0) is 20.0 Å². The largest absolute Gasteiger partial charge is 0.431 e. The van der Waals surface area contributed by atoms with E-state index in [0.29, 0.717) is 6.54 Å². The second-order valence-electron chi connectivity index (χ2n) is 3.54. The van der Waals surface area contributed by atoms with Gasteiger partial charge in [-0.25, -0.2) is 4.79 Å². The predicted molar refractivity (Wildman–Crippen MR) is 50.8 cm³/mol. The first-order chi connectivity index (χ1) is 6.51. The number of alkyl carbamates (subject to hydrolysis) is 1. The Bertz CT molecular complexity index is 250. The number of carbonyl (C=O) groups is 2. The number of hydrogen-bond donors (Lipinski definition) is 1. The molecule has 0 aromatic carbocycles. The number of imide groups is 1. The third-order valence-corrected chi connectivity index (χ3v) is 2.43. The first-order valence-electron chi connectivity index (χ1n) is 4.78. The van der Waals surface area contributed by atoms with Crippen molar-refractivity contribution in [2.75, 3.05) is 19.6 Å². The molecular weight excluding hydrogens is 184 g/mol. The van der Waals surface area contributed by atoms with Gasteiger partial charge in [-0.3, -0.25) is 15.0 Å². The van der Waals surface area contributed by atoms with Crippen LogP contribution < -0.4 is 5.32 Å². The molecule has 0 saturated carbocycles. The summed E-state index contributed by atoms with van der Waals surface area (Å²) in [4.78, 5) is 24.3. The minimum absolute atomic E-state index is 0.352. The zero-order valence-electron chi connectivity index (χ0n) is 8.79. The Morgan fingerprint density at radius 3 is 2.29 bits per heavy atom. The van der Waals surface area contributed by atoms with Gasteiger partial charge < -0.3 is 4.74 Å². The van der Waals surface area contributed by atoms with Gasteiger partial charge in [0.25, 0.3) is 5.91 Å². The van der Waals surface area contributed by atoms with Crippen LogP contribution in [0.15, 0.2) is 0 Å². The van der Waals surface area contributed by atoms with Crippen molar-refractivity contribution in [1.82, 2.24) is 10.2 Å². The van der Waals surface area contributed by atoms with Gasteiger partial charge in [0.15, 0.2) is 0 Å². The van der Waals surface area contributed by atoms with Crippen LogP contribution in [0.25, 0.3) is 0 Å². The molecule has 80 valence electrons. The Morgan fingerprint density at radius 1 is 1.36 bits per heavy atom. The second-order valence-corrected chi connectivity index (χ2v) is 3.54. The summed E-state index contributed by atoms with van der Waals surface area (Å²) in [5.74, 6) is -0.352. The summed E-state index contributed by atoms with van der Waals surface area (Å²) in [6, 6.07) is 0. The quantitative estimate of drug-likeness (QED) is 0.711. The Morgan fingerprint density at radius 2 is 1.93 bits per heavy atom. The van der Waals surface area contributed by atoms with Gasteiger partial charge in [0.1, 0.15) is 0 Å². The maximum atomic E-state index is 11.4. The molecule has 1 aliphatic heterocycles. The van der Waals surface area contributed by atoms with E-state index in [0.717, 1.165) is 13.1 Å². The third-order valence-electron chi connectivity index (χ3n) is 2.43. The number of nitrogens with zero attached hydrogens (tertiary/aromatic N) is 1. The average Bonchev–Trinajstić information content (AvgIpc) is 2.37. The number of ether oxygens (including phenoxy) is 1. The van der Waals surface area contributed by atoms with E-state index in [1.807, 2.05) is 18.7 Å². The third kappa shape index (κ3) is 2.04. The number of nitrogens with one attached hydrogen (secondary N) is 1. The molecule has 1 aliphatic rings. The van der Waals surface area contributed by atoms with Crippen molar-refractivity contribution in [3.05, 3.63) is 0 Å². The van der Waals surface area contributed by atoms with Crippen molar-refractivity contribution in [2.24, 2.45) is 0 Å². The maximum absolute atomic E-state index is 11.4. The summed E-state index contributed by atoms with van der Waals surface area (Å²) in [6.07, 6.45) is -0.648. The number of cyclic esters (lactones) is 1. The van der Waals surface area contributed by atoms with E-state index >= 15 is 0 Å². The molecule has 0 aromatic rings. The van der Waals surface area contributed by atoms with Gasteiger partial charge in [-0.15, -0.1) is 0 Å². The van der Waals surface area contributed by atoms with E-state index in [-0.39, 0.29) is 5.91 Å². The number of rotatable bonds is 4. The van der Waals surface area contributed by atoms with E-state index in [1.165, 1.54) is 0 Å². The molecule has 14 heavy (non-hydrogen) atoms. The summed E-state index contributed by atoms with van der Waals surface area (Å²) < 4.78 is 4.95. The molecule has 1 fully saturated rings. The molecule has 1 unspecified atom stereocenters. The average molecular weight is 200 g/mol. The molecule has 0 aromatic heterocycles. The standard InChI is InChI=1S/C9H16N2O3/c1-4-11(5-2)6-9(3)7(12)10-8(13)14-9/h4-6H2,1-3H3,(H,10,12,13). The zero-order chi connectivity index (χ0) is 10.8. The molecule has 2 amide bonds. The lowest BCUT2D eigenvalue weighted by atomic mass is 10.1. The first kappa shape index (κ1) is 11.0. The Balaban J connectivity index is 2.66. The summed E-state index contributed by atoms with van der Waals surface area (Å²) >= 11 is 0. The summed E-state index contributed by atoms with van der Waals surface area (Å²) in [5, 5.41) is 2.13. The van der Waals surface area contributed by atoms with Crippen molar-refractivity contribution >= 4 is 12.0 Å². The van der Waals surface area contributed by atoms with Crippen molar-refractivity contribution in [2.45, 2.75) is 26.4 Å². The van der Waals surface area contributed by atoms with Crippen LogP contribution in [-0.2, 0) is 9.53 Å². The van der Waals surface area contributed by atoms with Gasteiger partial charge in [-0.2, -0.15) is 0 Å². The molecule has 1 N–H and O–H groups in total. The lowest BCUT2D eigenvalue weighted by Crippen LogP contribution is -2.46. The van der Waals surface area contributed by atoms with E-state index < -0.39 is 11.7 Å². The fourth-order valence-electron chi connectivity index (χ4n) is 1.48. The lowest BCUT2D eigenvalue weighted by molar-refractivity contribution is -0.131. The fraction of sp³-hybridized carbons (Fsp3) is 0.778. The zero-order valence-corrected chi connectivity index (χ0v) is 8.79. The van der Waals surface area contributed by atoms with Crippen LogP contribution in [0.4, 0.5) is 4.79 Å². The SMILES string of the molecule is CCN(CC)CC1(C)OC(=O)NC1=O. The molecule has 5 heteroatoms. The minimum Gasteiger partial charge on any atom is -0.431 e. The van der Waals surface area contributed by atoms with Gasteiger partial charge in [-0.1, -0.05) is 13.8 Å². The maximum Gasteiger partial charge on any atom is 0.415 e. The normalized spacial score (nSPS) is 26.6. The molecule has 1 atom stereocenters. The Kier molecular flexibility index (Phi) is 3.10. The van der Waals surface area contributed by atoms with E-state index in [4.69, 9.17) is 4.74 Å². The summed E-state index contributed by atoms with van der Waals surface area (Å²) in [5.41, 5.74) is -1.02. The second kappa shape index (κ2) is 3.96. The van der Waals surface area contributed by atoms with Gasteiger partial charge in [0.05, 0.1) is 0 Å². The Hall–Kier alpha value is -1.10. The van der Waals surface area contributed by atoms with Crippen LogP contribution in [0.5, 0.6) is 0 Å². The van der Waals surface area contributed by atoms with Gasteiger partial charge in [0, 0.05) is 6.54 Å². The smallest absolute Gasteiger partial charge is 0.415 e. The highest BCUT2D eigenvalue weighted by Crippen LogP contribution is 2.18. The van der Waals surface area contributed by atoms with Crippen LogP contribution in [-0.4, -0.2) is 42.1 Å². The molecule has 0 spiro atoms. The first-order valence-corrected chi connectivity index (χ1v) is 4.78. The van der Waals surface area contributed by atoms with Crippen LogP contribution in [0, 0.1) is 0 Å². The van der Waals surface area contributed by atoms with Crippen LogP contribution in [0.1, 0.15) is 20.8 Å². The number of hydrogen-bond acceptors (Lipinski definition) is 4. The summed E-state index contributed by atoms with van der Waals surface area (Å²) in [6.45, 7) is 7.74. The molecule has 0 bridgehead atoms. The lowest BCUT2D eigenvalue weighted by Gasteiger charge is -2.27. The van der Waals surface area contributed by atoms with Crippen LogP contribution >= 0.6 is 0 Å². The molecule has 0 aliphatic carbocycles. The van der Waals surface area contributed by atoms with Crippen molar-refractivity contribution in [3.63, 3.8) is 0 Å². The van der Waals surface area contributed by atoms with Gasteiger partial charge >= 0.3 is 6.09 Å². The molecule has 1 heterocycles. The highest BCUT2D eigenvalue weighted by molar-refractivity contribution is 6.02. The molecular formula is C9H16N2O3. The van der Waals surface area contributed by atoms with Gasteiger partial charge in [0.2, 0.25) is 5.60 Å². The predicted octanol–water partition coefficient (Wildman–Crippen LogP) is 0.353. The van der Waals surface area contributed by atoms with Crippen molar-refractivity contribution < 1.29 is 14.3 Å².